The molecule has 2 aromatic carbocycles. The van der Waals surface area contributed by atoms with Crippen molar-refractivity contribution in [2.45, 2.75) is 19.9 Å². The van der Waals surface area contributed by atoms with Crippen molar-refractivity contribution in [1.82, 2.24) is 5.06 Å². The average molecular weight is 380 g/mol. The van der Waals surface area contributed by atoms with Crippen LogP contribution >= 0.6 is 0 Å². The number of Topliss-reactive ketones (excluding diaryl/α,β-unsaturated/α-hetero) is 1. The molecule has 1 heterocycles. The number of hydrogen-bond donors (Lipinski definition) is 3. The van der Waals surface area contributed by atoms with Crippen LogP contribution < -0.4 is 11.1 Å². The van der Waals surface area contributed by atoms with E-state index in [0.29, 0.717) is 16.8 Å². The number of hydrogen-bond acceptors (Lipinski definition) is 5. The second-order valence-electron chi connectivity index (χ2n) is 6.51. The molecular formula is C20H20N4O4. The maximum Gasteiger partial charge on any atom is 0.255 e. The van der Waals surface area contributed by atoms with Gasteiger partial charge in [-0.05, 0) is 42.3 Å². The topological polar surface area (TPSA) is 126 Å². The zero-order valence-electron chi connectivity index (χ0n) is 15.3. The van der Waals surface area contributed by atoms with Crippen molar-refractivity contribution in [2.24, 2.45) is 5.73 Å². The van der Waals surface area contributed by atoms with E-state index in [2.05, 4.69) is 5.32 Å². The minimum atomic E-state index is -0.299. The summed E-state index contributed by atoms with van der Waals surface area (Å²) in [6, 6.07) is 11.7. The van der Waals surface area contributed by atoms with Gasteiger partial charge in [-0.15, -0.1) is 0 Å². The Labute approximate surface area is 161 Å². The molecule has 0 spiro atoms. The van der Waals surface area contributed by atoms with E-state index in [9.17, 15) is 14.4 Å². The highest BCUT2D eigenvalue weighted by Crippen LogP contribution is 2.24. The standard InChI is InChI=1S/C20H20N4O4/c1-12(25)11-28-24-10-16-8-17(7-6-15(16)9-18(24)26)23-20(27)14-4-2-13(3-5-14)19(21)22/h2-8H,9-11H2,1H3,(H3,21,22)(H,23,27). The van der Waals surface area contributed by atoms with Crippen LogP contribution in [0, 0.1) is 5.41 Å². The molecule has 0 aromatic heterocycles. The zero-order valence-corrected chi connectivity index (χ0v) is 15.3. The lowest BCUT2D eigenvalue weighted by Gasteiger charge is -2.27. The van der Waals surface area contributed by atoms with Crippen LogP contribution in [0.3, 0.4) is 0 Å². The van der Waals surface area contributed by atoms with Gasteiger partial charge in [0.25, 0.3) is 11.8 Å². The molecule has 2 amide bonds. The number of ketones is 1. The number of nitrogens with two attached hydrogens (primary N) is 1. The predicted octanol–water partition coefficient (Wildman–Crippen LogP) is 1.63. The van der Waals surface area contributed by atoms with Crippen LogP contribution in [0.2, 0.25) is 0 Å². The first-order valence-corrected chi connectivity index (χ1v) is 8.64. The fraction of sp³-hybridized carbons (Fsp3) is 0.200. The monoisotopic (exact) mass is 380 g/mol. The van der Waals surface area contributed by atoms with Crippen molar-refractivity contribution in [1.29, 1.82) is 5.41 Å². The van der Waals surface area contributed by atoms with Crippen LogP contribution in [-0.2, 0) is 27.4 Å². The third kappa shape index (κ3) is 4.41. The third-order valence-corrected chi connectivity index (χ3v) is 4.28. The molecule has 3 rings (SSSR count). The molecule has 0 saturated heterocycles. The number of benzene rings is 2. The van der Waals surface area contributed by atoms with Crippen LogP contribution in [0.25, 0.3) is 0 Å². The quantitative estimate of drug-likeness (QED) is 0.519. The second-order valence-corrected chi connectivity index (χ2v) is 6.51. The molecule has 4 N–H and O–H groups in total. The van der Waals surface area contributed by atoms with E-state index < -0.39 is 0 Å². The smallest absolute Gasteiger partial charge is 0.255 e. The Bertz CT molecular complexity index is 953. The number of hydroxylamine groups is 2. The van der Waals surface area contributed by atoms with Crippen LogP contribution in [0.15, 0.2) is 42.5 Å². The number of nitrogens with one attached hydrogen (secondary N) is 2. The summed E-state index contributed by atoms with van der Waals surface area (Å²) in [5.74, 6) is -0.745. The van der Waals surface area contributed by atoms with Crippen LogP contribution in [0.5, 0.6) is 0 Å². The van der Waals surface area contributed by atoms with Crippen molar-refractivity contribution in [3.05, 3.63) is 64.7 Å². The normalized spacial score (nSPS) is 13.0. The van der Waals surface area contributed by atoms with Gasteiger partial charge in [0.1, 0.15) is 12.4 Å². The lowest BCUT2D eigenvalue weighted by Crippen LogP contribution is -2.37. The molecule has 0 radical (unpaired) electrons. The van der Waals surface area contributed by atoms with E-state index in [1.807, 2.05) is 0 Å². The Kier molecular flexibility index (Phi) is 5.51. The Balaban J connectivity index is 1.72. The summed E-state index contributed by atoms with van der Waals surface area (Å²) in [4.78, 5) is 40.9. The maximum atomic E-state index is 12.4. The summed E-state index contributed by atoms with van der Waals surface area (Å²) in [6.45, 7) is 1.44. The Morgan fingerprint density at radius 1 is 1.14 bits per heavy atom. The van der Waals surface area contributed by atoms with Gasteiger partial charge in [0.15, 0.2) is 5.78 Å². The molecule has 8 nitrogen and oxygen atoms in total. The molecule has 2 aromatic rings. The second kappa shape index (κ2) is 8.01. The number of fused-ring (bicyclic) bond motifs is 1. The van der Waals surface area contributed by atoms with Crippen molar-refractivity contribution in [2.75, 3.05) is 11.9 Å². The number of carbonyl (C=O) groups excluding carboxylic acids is 3. The molecule has 28 heavy (non-hydrogen) atoms. The molecule has 1 aliphatic rings. The summed E-state index contributed by atoms with van der Waals surface area (Å²) < 4.78 is 0. The highest BCUT2D eigenvalue weighted by Gasteiger charge is 2.24. The highest BCUT2D eigenvalue weighted by atomic mass is 16.7. The van der Waals surface area contributed by atoms with Crippen molar-refractivity contribution in [3.63, 3.8) is 0 Å². The van der Waals surface area contributed by atoms with Gasteiger partial charge in [0.05, 0.1) is 13.0 Å². The molecule has 0 atom stereocenters. The Morgan fingerprint density at radius 3 is 2.46 bits per heavy atom. The maximum absolute atomic E-state index is 12.4. The molecular weight excluding hydrogens is 360 g/mol. The number of nitrogen functional groups attached to an aromatic ring is 1. The van der Waals surface area contributed by atoms with Gasteiger partial charge >= 0.3 is 0 Å². The van der Waals surface area contributed by atoms with Crippen LogP contribution in [-0.4, -0.2) is 35.1 Å². The van der Waals surface area contributed by atoms with Gasteiger partial charge in [-0.3, -0.25) is 24.6 Å². The molecule has 0 unspecified atom stereocenters. The SMILES string of the molecule is CC(=O)CON1Cc2cc(NC(=O)c3ccc(C(=N)N)cc3)ccc2CC1=O. The van der Waals surface area contributed by atoms with E-state index >= 15 is 0 Å². The van der Waals surface area contributed by atoms with E-state index in [0.717, 1.165) is 11.1 Å². The predicted molar refractivity (Wildman–Crippen MR) is 103 cm³/mol. The lowest BCUT2D eigenvalue weighted by atomic mass is 9.99. The van der Waals surface area contributed by atoms with Gasteiger partial charge in [-0.2, -0.15) is 0 Å². The summed E-state index contributed by atoms with van der Waals surface area (Å²) in [5.41, 5.74) is 8.67. The number of amides is 2. The fourth-order valence-electron chi connectivity index (χ4n) is 2.81. The van der Waals surface area contributed by atoms with Gasteiger partial charge in [-0.25, -0.2) is 5.06 Å². The average Bonchev–Trinajstić information content (AvgIpc) is 2.66. The van der Waals surface area contributed by atoms with Gasteiger partial charge in [0, 0.05) is 16.8 Å². The first-order valence-electron chi connectivity index (χ1n) is 8.64. The molecule has 1 aliphatic heterocycles. The highest BCUT2D eigenvalue weighted by molar-refractivity contribution is 6.05. The third-order valence-electron chi connectivity index (χ3n) is 4.28. The molecule has 144 valence electrons. The van der Waals surface area contributed by atoms with Crippen molar-refractivity contribution < 1.29 is 19.2 Å². The first kappa shape index (κ1) is 19.2. The van der Waals surface area contributed by atoms with Gasteiger partial charge in [-0.1, -0.05) is 18.2 Å². The largest absolute Gasteiger partial charge is 0.384 e. The van der Waals surface area contributed by atoms with E-state index in [-0.39, 0.29) is 43.0 Å². The van der Waals surface area contributed by atoms with E-state index in [1.165, 1.54) is 12.0 Å². The Hall–Kier alpha value is -3.52. The van der Waals surface area contributed by atoms with Crippen molar-refractivity contribution in [3.8, 4) is 0 Å². The lowest BCUT2D eigenvalue weighted by molar-refractivity contribution is -0.192. The fourth-order valence-corrected chi connectivity index (χ4v) is 2.81. The van der Waals surface area contributed by atoms with Crippen LogP contribution in [0.4, 0.5) is 5.69 Å². The number of rotatable bonds is 6. The molecule has 0 fully saturated rings. The number of anilines is 1. The minimum Gasteiger partial charge on any atom is -0.384 e. The Morgan fingerprint density at radius 2 is 1.82 bits per heavy atom. The minimum absolute atomic E-state index is 0.0623. The number of carbonyl (C=O) groups is 3. The van der Waals surface area contributed by atoms with E-state index in [4.69, 9.17) is 16.0 Å². The summed E-state index contributed by atoms with van der Waals surface area (Å²) in [7, 11) is 0. The summed E-state index contributed by atoms with van der Waals surface area (Å²) in [5, 5.41) is 11.4. The van der Waals surface area contributed by atoms with Crippen molar-refractivity contribution >= 4 is 29.1 Å². The summed E-state index contributed by atoms with van der Waals surface area (Å²) >= 11 is 0. The summed E-state index contributed by atoms with van der Waals surface area (Å²) in [6.07, 6.45) is 0.175. The first-order chi connectivity index (χ1) is 13.3. The molecule has 8 heteroatoms. The van der Waals surface area contributed by atoms with E-state index in [1.54, 1.807) is 42.5 Å². The molecule has 0 aliphatic carbocycles. The number of nitrogens with zero attached hydrogens (tertiary/aromatic N) is 1. The van der Waals surface area contributed by atoms with Crippen LogP contribution in [0.1, 0.15) is 34.0 Å². The van der Waals surface area contributed by atoms with Gasteiger partial charge < -0.3 is 11.1 Å². The molecule has 0 bridgehead atoms. The number of amidine groups is 1. The van der Waals surface area contributed by atoms with Gasteiger partial charge in [0.2, 0.25) is 0 Å². The molecule has 0 saturated carbocycles. The zero-order chi connectivity index (χ0) is 20.3.